The minimum absolute atomic E-state index is 0.216. The Bertz CT molecular complexity index is 995. The second-order valence-electron chi connectivity index (χ2n) is 6.81. The van der Waals surface area contributed by atoms with E-state index in [1.54, 1.807) is 19.6 Å². The second kappa shape index (κ2) is 7.94. The van der Waals surface area contributed by atoms with Crippen LogP contribution in [0.3, 0.4) is 0 Å². The van der Waals surface area contributed by atoms with E-state index in [1.165, 1.54) is 0 Å². The molecular formula is C22H24N2O4. The van der Waals surface area contributed by atoms with Gasteiger partial charge in [-0.3, -0.25) is 4.98 Å². The zero-order chi connectivity index (χ0) is 19.5. The maximum Gasteiger partial charge on any atom is 0.230 e. The molecule has 1 aliphatic rings. The number of ether oxygens (including phenoxy) is 4. The Balaban J connectivity index is 1.74. The van der Waals surface area contributed by atoms with Gasteiger partial charge in [-0.05, 0) is 25.0 Å². The molecular weight excluding hydrogens is 356 g/mol. The van der Waals surface area contributed by atoms with Gasteiger partial charge in [-0.25, -0.2) is 0 Å². The molecule has 2 aromatic heterocycles. The number of hydrogen-bond acceptors (Lipinski definition) is 5. The zero-order valence-corrected chi connectivity index (χ0v) is 16.3. The van der Waals surface area contributed by atoms with Crippen LogP contribution >= 0.6 is 0 Å². The van der Waals surface area contributed by atoms with E-state index < -0.39 is 0 Å². The molecule has 0 N–H and O–H groups in total. The SMILES string of the molecule is COCn1c(C)c(C)c2nccc(OC(Cc3ccccc3)C3=COCO3)c21. The van der Waals surface area contributed by atoms with Crippen molar-refractivity contribution in [2.75, 3.05) is 13.9 Å². The fraction of sp³-hybridized carbons (Fsp3) is 0.318. The first-order valence-corrected chi connectivity index (χ1v) is 9.27. The molecule has 3 aromatic rings. The highest BCUT2D eigenvalue weighted by Crippen LogP contribution is 2.33. The molecule has 3 heterocycles. The number of benzene rings is 1. The normalized spacial score (nSPS) is 14.5. The van der Waals surface area contributed by atoms with Crippen LogP contribution in [0.1, 0.15) is 16.8 Å². The van der Waals surface area contributed by atoms with Crippen molar-refractivity contribution in [2.24, 2.45) is 0 Å². The van der Waals surface area contributed by atoms with Gasteiger partial charge in [0.05, 0.1) is 5.52 Å². The summed E-state index contributed by atoms with van der Waals surface area (Å²) in [7, 11) is 1.68. The number of hydrogen-bond donors (Lipinski definition) is 0. The Morgan fingerprint density at radius 1 is 1.18 bits per heavy atom. The van der Waals surface area contributed by atoms with E-state index in [4.69, 9.17) is 18.9 Å². The lowest BCUT2D eigenvalue weighted by Crippen LogP contribution is -2.23. The Morgan fingerprint density at radius 2 is 2.00 bits per heavy atom. The Kier molecular flexibility index (Phi) is 5.21. The second-order valence-corrected chi connectivity index (χ2v) is 6.81. The molecule has 6 nitrogen and oxygen atoms in total. The summed E-state index contributed by atoms with van der Waals surface area (Å²) in [5.74, 6) is 1.43. The number of aryl methyl sites for hydroxylation is 1. The highest BCUT2D eigenvalue weighted by molar-refractivity contribution is 5.86. The van der Waals surface area contributed by atoms with E-state index >= 15 is 0 Å². The van der Waals surface area contributed by atoms with Crippen LogP contribution < -0.4 is 4.74 Å². The average molecular weight is 380 g/mol. The lowest BCUT2D eigenvalue weighted by molar-refractivity contribution is 0.0558. The molecule has 4 rings (SSSR count). The molecule has 6 heteroatoms. The van der Waals surface area contributed by atoms with Gasteiger partial charge in [0.1, 0.15) is 24.3 Å². The molecule has 0 amide bonds. The van der Waals surface area contributed by atoms with Gasteiger partial charge < -0.3 is 23.5 Å². The van der Waals surface area contributed by atoms with E-state index in [2.05, 4.69) is 35.5 Å². The van der Waals surface area contributed by atoms with Crippen molar-refractivity contribution in [3.63, 3.8) is 0 Å². The monoisotopic (exact) mass is 380 g/mol. The van der Waals surface area contributed by atoms with E-state index in [9.17, 15) is 0 Å². The Labute approximate surface area is 164 Å². The fourth-order valence-electron chi connectivity index (χ4n) is 3.50. The molecule has 0 saturated heterocycles. The van der Waals surface area contributed by atoms with Crippen molar-refractivity contribution in [2.45, 2.75) is 33.1 Å². The molecule has 1 aliphatic heterocycles. The van der Waals surface area contributed by atoms with Crippen LogP contribution in [0.4, 0.5) is 0 Å². The zero-order valence-electron chi connectivity index (χ0n) is 16.3. The minimum atomic E-state index is -0.304. The summed E-state index contributed by atoms with van der Waals surface area (Å²) in [6.45, 7) is 4.79. The molecule has 0 bridgehead atoms. The van der Waals surface area contributed by atoms with E-state index in [1.807, 2.05) is 24.3 Å². The van der Waals surface area contributed by atoms with Gasteiger partial charge in [0, 0.05) is 31.5 Å². The molecule has 146 valence electrons. The number of fused-ring (bicyclic) bond motifs is 1. The van der Waals surface area contributed by atoms with Crippen molar-refractivity contribution in [1.82, 2.24) is 9.55 Å². The van der Waals surface area contributed by atoms with Gasteiger partial charge >= 0.3 is 0 Å². The minimum Gasteiger partial charge on any atom is -0.480 e. The van der Waals surface area contributed by atoms with Gasteiger partial charge in [0.25, 0.3) is 0 Å². The summed E-state index contributed by atoms with van der Waals surface area (Å²) in [5.41, 5.74) is 5.24. The van der Waals surface area contributed by atoms with Crippen LogP contribution in [0.25, 0.3) is 11.0 Å². The lowest BCUT2D eigenvalue weighted by Gasteiger charge is -2.20. The summed E-state index contributed by atoms with van der Waals surface area (Å²) in [6, 6.07) is 12.1. The van der Waals surface area contributed by atoms with Crippen LogP contribution in [-0.2, 0) is 27.4 Å². The van der Waals surface area contributed by atoms with Crippen LogP contribution in [0.2, 0.25) is 0 Å². The fourth-order valence-corrected chi connectivity index (χ4v) is 3.50. The Morgan fingerprint density at radius 3 is 2.71 bits per heavy atom. The first-order chi connectivity index (χ1) is 13.7. The third-order valence-corrected chi connectivity index (χ3v) is 5.06. The maximum absolute atomic E-state index is 6.48. The van der Waals surface area contributed by atoms with Gasteiger partial charge in [-0.1, -0.05) is 30.3 Å². The molecule has 1 aromatic carbocycles. The van der Waals surface area contributed by atoms with E-state index in [0.29, 0.717) is 18.9 Å². The summed E-state index contributed by atoms with van der Waals surface area (Å²) < 4.78 is 24.9. The van der Waals surface area contributed by atoms with Crippen LogP contribution in [0, 0.1) is 13.8 Å². The summed E-state index contributed by atoms with van der Waals surface area (Å²) in [5, 5.41) is 0. The van der Waals surface area contributed by atoms with Crippen LogP contribution in [-0.4, -0.2) is 29.6 Å². The smallest absolute Gasteiger partial charge is 0.230 e. The summed E-state index contributed by atoms with van der Waals surface area (Å²) in [4.78, 5) is 4.57. The first-order valence-electron chi connectivity index (χ1n) is 9.27. The molecule has 0 aliphatic carbocycles. The number of pyridine rings is 1. The topological polar surface area (TPSA) is 54.7 Å². The van der Waals surface area contributed by atoms with Gasteiger partial charge in [0.15, 0.2) is 11.9 Å². The quantitative estimate of drug-likeness (QED) is 0.618. The predicted octanol–water partition coefficient (Wildman–Crippen LogP) is 4.09. The Hall–Kier alpha value is -2.99. The molecule has 1 atom stereocenters. The first kappa shape index (κ1) is 18.4. The largest absolute Gasteiger partial charge is 0.480 e. The maximum atomic E-state index is 6.48. The molecule has 28 heavy (non-hydrogen) atoms. The van der Waals surface area contributed by atoms with Crippen LogP contribution in [0.15, 0.2) is 54.6 Å². The third-order valence-electron chi connectivity index (χ3n) is 5.06. The van der Waals surface area contributed by atoms with Gasteiger partial charge in [-0.2, -0.15) is 0 Å². The molecule has 0 spiro atoms. The number of rotatable bonds is 7. The summed E-state index contributed by atoms with van der Waals surface area (Å²) >= 11 is 0. The van der Waals surface area contributed by atoms with Gasteiger partial charge in [-0.15, -0.1) is 0 Å². The van der Waals surface area contributed by atoms with E-state index in [0.717, 1.165) is 33.6 Å². The molecule has 0 fully saturated rings. The standard InChI is InChI=1S/C22H24N2O4/c1-15-16(2)24(13-25-3)22-18(9-10-23-21(15)22)28-19(20-12-26-14-27-20)11-17-7-5-4-6-8-17/h4-10,12,19H,11,13-14H2,1-3H3. The lowest BCUT2D eigenvalue weighted by atomic mass is 10.1. The van der Waals surface area contributed by atoms with E-state index in [-0.39, 0.29) is 12.9 Å². The van der Waals surface area contributed by atoms with Crippen molar-refractivity contribution < 1.29 is 18.9 Å². The molecule has 0 radical (unpaired) electrons. The highest BCUT2D eigenvalue weighted by Gasteiger charge is 2.25. The number of aromatic nitrogens is 2. The van der Waals surface area contributed by atoms with Crippen molar-refractivity contribution in [1.29, 1.82) is 0 Å². The summed E-state index contributed by atoms with van der Waals surface area (Å²) in [6.07, 6.45) is 3.78. The van der Waals surface area contributed by atoms with Gasteiger partial charge in [0.2, 0.25) is 6.79 Å². The van der Waals surface area contributed by atoms with Crippen LogP contribution in [0.5, 0.6) is 5.75 Å². The number of nitrogens with zero attached hydrogens (tertiary/aromatic N) is 2. The third kappa shape index (κ3) is 3.43. The number of methoxy groups -OCH3 is 1. The van der Waals surface area contributed by atoms with Crippen molar-refractivity contribution in [3.8, 4) is 5.75 Å². The molecule has 0 saturated carbocycles. The van der Waals surface area contributed by atoms with Crippen molar-refractivity contribution >= 4 is 11.0 Å². The molecule has 1 unspecified atom stereocenters. The highest BCUT2D eigenvalue weighted by atomic mass is 16.7. The van der Waals surface area contributed by atoms with Crippen molar-refractivity contribution in [3.05, 3.63) is 71.4 Å². The predicted molar refractivity (Wildman–Crippen MR) is 106 cm³/mol. The average Bonchev–Trinajstić information content (AvgIpc) is 3.33.